The number of carbonyl (C=O) groups excluding carboxylic acids is 4. The van der Waals surface area contributed by atoms with E-state index in [4.69, 9.17) is 5.73 Å². The lowest BCUT2D eigenvalue weighted by Crippen LogP contribution is -2.63. The number of nitrogens with one attached hydrogen (secondary N) is 3. The summed E-state index contributed by atoms with van der Waals surface area (Å²) in [6, 6.07) is 22.0. The second kappa shape index (κ2) is 9.65. The topological polar surface area (TPSA) is 130 Å². The van der Waals surface area contributed by atoms with Crippen LogP contribution >= 0.6 is 0 Å². The van der Waals surface area contributed by atoms with Crippen LogP contribution in [0.4, 0.5) is 0 Å². The molecule has 0 bridgehead atoms. The second-order valence-electron chi connectivity index (χ2n) is 9.12. The first kappa shape index (κ1) is 23.3. The Morgan fingerprint density at radius 2 is 1.31 bits per heavy atom. The van der Waals surface area contributed by atoms with Gasteiger partial charge in [-0.05, 0) is 27.8 Å². The van der Waals surface area contributed by atoms with E-state index in [-0.39, 0.29) is 12.3 Å². The van der Waals surface area contributed by atoms with Crippen molar-refractivity contribution in [2.75, 3.05) is 0 Å². The maximum atomic E-state index is 13.0. The van der Waals surface area contributed by atoms with E-state index in [1.165, 1.54) is 0 Å². The van der Waals surface area contributed by atoms with Crippen molar-refractivity contribution in [3.05, 3.63) is 95.6 Å². The minimum atomic E-state index is -1.04. The van der Waals surface area contributed by atoms with Crippen LogP contribution in [0.1, 0.15) is 29.0 Å². The molecule has 3 aromatic rings. The van der Waals surface area contributed by atoms with Crippen LogP contribution in [-0.4, -0.2) is 41.8 Å². The van der Waals surface area contributed by atoms with Gasteiger partial charge in [-0.25, -0.2) is 0 Å². The predicted molar refractivity (Wildman–Crippen MR) is 133 cm³/mol. The fourth-order valence-corrected chi connectivity index (χ4v) is 5.10. The van der Waals surface area contributed by atoms with Crippen LogP contribution in [0, 0.1) is 0 Å². The Labute approximate surface area is 208 Å². The summed E-state index contributed by atoms with van der Waals surface area (Å²) in [6.45, 7) is 0. The maximum Gasteiger partial charge on any atom is 0.243 e. The third kappa shape index (κ3) is 4.45. The van der Waals surface area contributed by atoms with Crippen molar-refractivity contribution >= 4 is 23.6 Å². The number of nitrogens with two attached hydrogens (primary N) is 1. The van der Waals surface area contributed by atoms with Gasteiger partial charge >= 0.3 is 0 Å². The van der Waals surface area contributed by atoms with E-state index >= 15 is 0 Å². The van der Waals surface area contributed by atoms with Crippen molar-refractivity contribution in [1.29, 1.82) is 0 Å². The van der Waals surface area contributed by atoms with Crippen LogP contribution in [0.3, 0.4) is 0 Å². The average Bonchev–Trinajstić information content (AvgIpc) is 3.20. The van der Waals surface area contributed by atoms with Gasteiger partial charge in [0.2, 0.25) is 23.6 Å². The molecule has 3 atom stereocenters. The molecular formula is C28H26N4O4. The van der Waals surface area contributed by atoms with Gasteiger partial charge in [0.05, 0.1) is 6.42 Å². The molecule has 1 aliphatic heterocycles. The van der Waals surface area contributed by atoms with Gasteiger partial charge in [0, 0.05) is 12.3 Å². The predicted octanol–water partition coefficient (Wildman–Crippen LogP) is 1.39. The molecule has 182 valence electrons. The number of carbonyl (C=O) groups is 4. The molecule has 1 saturated heterocycles. The monoisotopic (exact) mass is 482 g/mol. The minimum absolute atomic E-state index is 0.310. The summed E-state index contributed by atoms with van der Waals surface area (Å²) in [5.74, 6) is -2.49. The van der Waals surface area contributed by atoms with Crippen LogP contribution in [0.15, 0.2) is 78.9 Å². The number of benzene rings is 3. The number of fused-ring (bicyclic) bond motifs is 3. The Morgan fingerprint density at radius 3 is 1.92 bits per heavy atom. The Bertz CT molecular complexity index is 1290. The molecule has 8 nitrogen and oxygen atoms in total. The number of hydrogen-bond donors (Lipinski definition) is 4. The molecule has 0 radical (unpaired) electrons. The number of piperazine rings is 1. The average molecular weight is 483 g/mol. The second-order valence-corrected chi connectivity index (χ2v) is 9.12. The fraction of sp³-hybridized carbons (Fsp3) is 0.214. The zero-order valence-corrected chi connectivity index (χ0v) is 19.4. The van der Waals surface area contributed by atoms with Crippen molar-refractivity contribution in [2.24, 2.45) is 5.73 Å². The zero-order chi connectivity index (χ0) is 25.2. The molecule has 1 fully saturated rings. The van der Waals surface area contributed by atoms with Crippen molar-refractivity contribution < 1.29 is 19.2 Å². The highest BCUT2D eigenvalue weighted by Crippen LogP contribution is 2.46. The van der Waals surface area contributed by atoms with E-state index in [0.29, 0.717) is 6.42 Å². The largest absolute Gasteiger partial charge is 0.368 e. The number of rotatable bonds is 7. The lowest BCUT2D eigenvalue weighted by Gasteiger charge is -2.30. The summed E-state index contributed by atoms with van der Waals surface area (Å²) >= 11 is 0. The highest BCUT2D eigenvalue weighted by molar-refractivity contribution is 6.00. The first-order valence-electron chi connectivity index (χ1n) is 11.8. The van der Waals surface area contributed by atoms with Crippen LogP contribution in [-0.2, 0) is 25.6 Å². The van der Waals surface area contributed by atoms with E-state index < -0.39 is 41.8 Å². The molecule has 4 amide bonds. The molecule has 0 unspecified atom stereocenters. The molecule has 2 aliphatic rings. The van der Waals surface area contributed by atoms with E-state index in [1.54, 1.807) is 0 Å². The van der Waals surface area contributed by atoms with Crippen LogP contribution in [0.5, 0.6) is 0 Å². The third-order valence-electron chi connectivity index (χ3n) is 6.78. The van der Waals surface area contributed by atoms with Gasteiger partial charge in [0.25, 0.3) is 0 Å². The van der Waals surface area contributed by atoms with Gasteiger partial charge in [-0.3, -0.25) is 19.2 Å². The highest BCUT2D eigenvalue weighted by atomic mass is 16.2. The number of hydrogen-bond acceptors (Lipinski definition) is 4. The van der Waals surface area contributed by atoms with Gasteiger partial charge in [0.15, 0.2) is 0 Å². The van der Waals surface area contributed by atoms with Crippen LogP contribution in [0.25, 0.3) is 11.1 Å². The van der Waals surface area contributed by atoms with Gasteiger partial charge < -0.3 is 21.7 Å². The van der Waals surface area contributed by atoms with Crippen LogP contribution < -0.4 is 21.7 Å². The third-order valence-corrected chi connectivity index (χ3v) is 6.78. The van der Waals surface area contributed by atoms with E-state index in [1.807, 2.05) is 78.9 Å². The summed E-state index contributed by atoms with van der Waals surface area (Å²) in [5, 5.41) is 8.08. The van der Waals surface area contributed by atoms with Gasteiger partial charge in [0.1, 0.15) is 18.1 Å². The van der Waals surface area contributed by atoms with Crippen molar-refractivity contribution in [3.8, 4) is 11.1 Å². The first-order chi connectivity index (χ1) is 17.4. The van der Waals surface area contributed by atoms with E-state index in [9.17, 15) is 19.2 Å². The fourth-order valence-electron chi connectivity index (χ4n) is 5.10. The molecule has 0 aromatic heterocycles. The van der Waals surface area contributed by atoms with Crippen molar-refractivity contribution in [2.45, 2.75) is 36.9 Å². The van der Waals surface area contributed by atoms with Crippen molar-refractivity contribution in [1.82, 2.24) is 16.0 Å². The summed E-state index contributed by atoms with van der Waals surface area (Å²) in [5.41, 5.74) is 10.4. The van der Waals surface area contributed by atoms with Gasteiger partial charge in [-0.15, -0.1) is 0 Å². The molecular weight excluding hydrogens is 456 g/mol. The molecule has 3 aromatic carbocycles. The summed E-state index contributed by atoms with van der Waals surface area (Å²) in [6.07, 6.45) is 0.0387. The van der Waals surface area contributed by atoms with Gasteiger partial charge in [-0.2, -0.15) is 0 Å². The minimum Gasteiger partial charge on any atom is -0.368 e. The van der Waals surface area contributed by atoms with E-state index in [0.717, 1.165) is 27.8 Å². The smallest absolute Gasteiger partial charge is 0.243 e. The molecule has 1 aliphatic carbocycles. The Hall–Kier alpha value is -4.46. The quantitative estimate of drug-likeness (QED) is 0.405. The van der Waals surface area contributed by atoms with Crippen LogP contribution in [0.2, 0.25) is 0 Å². The highest BCUT2D eigenvalue weighted by Gasteiger charge is 2.39. The Kier molecular flexibility index (Phi) is 6.25. The Balaban J connectivity index is 1.29. The lowest BCUT2D eigenvalue weighted by molar-refractivity contribution is -0.138. The molecule has 5 rings (SSSR count). The summed E-state index contributed by atoms with van der Waals surface area (Å²) in [4.78, 5) is 50.8. The molecule has 36 heavy (non-hydrogen) atoms. The Morgan fingerprint density at radius 1 is 0.778 bits per heavy atom. The number of amides is 4. The first-order valence-corrected chi connectivity index (χ1v) is 11.8. The number of primary amides is 1. The van der Waals surface area contributed by atoms with Gasteiger partial charge in [-0.1, -0.05) is 78.9 Å². The van der Waals surface area contributed by atoms with E-state index in [2.05, 4.69) is 16.0 Å². The summed E-state index contributed by atoms with van der Waals surface area (Å²) in [7, 11) is 0. The molecule has 5 N–H and O–H groups in total. The molecule has 0 saturated carbocycles. The normalized spacial score (nSPS) is 19.4. The zero-order valence-electron chi connectivity index (χ0n) is 19.4. The molecule has 0 spiro atoms. The standard InChI is InChI=1S/C28H26N4O4/c29-26(34)25(24-19-12-6-4-10-17(19)18-11-5-7-13-20(18)24)32-23(33)15-22-28(36)30-21(27(35)31-22)14-16-8-2-1-3-9-16/h1-13,21-22,24-25H,14-15H2,(H2,29,34)(H,30,36)(H,31,35)(H,32,33)/t21-,22-,25+/m0/s1. The molecule has 8 heteroatoms. The molecule has 1 heterocycles. The SMILES string of the molecule is NC(=O)[C@H](NC(=O)C[C@@H]1NC(=O)[C@H](Cc2ccccc2)NC1=O)C1c2ccccc2-c2ccccc21. The maximum absolute atomic E-state index is 13.0. The summed E-state index contributed by atoms with van der Waals surface area (Å²) < 4.78 is 0. The van der Waals surface area contributed by atoms with Crippen molar-refractivity contribution in [3.63, 3.8) is 0 Å². The lowest BCUT2D eigenvalue weighted by atomic mass is 9.88.